The normalized spacial score (nSPS) is 11.2. The average Bonchev–Trinajstić information content (AvgIpc) is 3.15. The summed E-state index contributed by atoms with van der Waals surface area (Å²) in [6.07, 6.45) is 0.792. The number of carbonyl (C=O) groups excluding carboxylic acids is 2. The number of nitrogens with zero attached hydrogens (tertiary/aromatic N) is 1. The Morgan fingerprint density at radius 1 is 1.12 bits per heavy atom. The van der Waals surface area contributed by atoms with Crippen molar-refractivity contribution in [1.82, 2.24) is 4.98 Å². The van der Waals surface area contributed by atoms with Gasteiger partial charge in [-0.1, -0.05) is 43.1 Å². The Hall–Kier alpha value is -2.08. The van der Waals surface area contributed by atoms with Gasteiger partial charge in [-0.25, -0.2) is 4.98 Å². The fourth-order valence-corrected chi connectivity index (χ4v) is 4.61. The molecular weight excluding hydrogens is 465 g/mol. The summed E-state index contributed by atoms with van der Waals surface area (Å²) >= 11 is 13.8. The van der Waals surface area contributed by atoms with Gasteiger partial charge < -0.3 is 4.42 Å². The highest BCUT2D eigenvalue weighted by Crippen LogP contribution is 2.33. The Morgan fingerprint density at radius 2 is 1.88 bits per heavy atom. The maximum Gasteiger partial charge on any atom is 0.228 e. The molecule has 0 N–H and O–H groups in total. The molecule has 0 unspecified atom stereocenters. The number of thioether (sulfide) groups is 1. The van der Waals surface area contributed by atoms with Crippen molar-refractivity contribution >= 4 is 46.5 Å². The quantitative estimate of drug-likeness (QED) is 0.229. The van der Waals surface area contributed by atoms with Crippen LogP contribution in [0.3, 0.4) is 0 Å². The Kier molecular flexibility index (Phi) is 8.21. The van der Waals surface area contributed by atoms with Crippen molar-refractivity contribution in [2.24, 2.45) is 0 Å². The molecule has 168 valence electrons. The lowest BCUT2D eigenvalue weighted by molar-refractivity contribution is -0.114. The summed E-state index contributed by atoms with van der Waals surface area (Å²) in [4.78, 5) is 29.7. The molecule has 4 nitrogen and oxygen atoms in total. The van der Waals surface area contributed by atoms with Crippen molar-refractivity contribution in [2.45, 2.75) is 51.3 Å². The number of benzene rings is 2. The van der Waals surface area contributed by atoms with Crippen LogP contribution in [0.15, 0.2) is 45.7 Å². The van der Waals surface area contributed by atoms with Crippen LogP contribution >= 0.6 is 35.0 Å². The summed E-state index contributed by atoms with van der Waals surface area (Å²) in [5, 5.41) is 1.01. The zero-order valence-corrected chi connectivity index (χ0v) is 20.8. The van der Waals surface area contributed by atoms with E-state index in [4.69, 9.17) is 27.6 Å². The first-order valence-electron chi connectivity index (χ1n) is 10.4. The molecule has 0 spiro atoms. The van der Waals surface area contributed by atoms with Gasteiger partial charge in [-0.15, -0.1) is 11.8 Å². The molecule has 0 amide bonds. The summed E-state index contributed by atoms with van der Waals surface area (Å²) in [7, 11) is 0. The average molecular weight is 490 g/mol. The van der Waals surface area contributed by atoms with E-state index in [0.717, 1.165) is 21.9 Å². The molecule has 0 saturated heterocycles. The van der Waals surface area contributed by atoms with Gasteiger partial charge >= 0.3 is 0 Å². The summed E-state index contributed by atoms with van der Waals surface area (Å²) in [6.45, 7) is 7.58. The van der Waals surface area contributed by atoms with E-state index in [1.165, 1.54) is 11.8 Å². The zero-order valence-electron chi connectivity index (χ0n) is 18.5. The highest BCUT2D eigenvalue weighted by atomic mass is 35.5. The number of aromatic nitrogens is 1. The molecule has 0 bridgehead atoms. The minimum absolute atomic E-state index is 0.0417. The molecule has 1 aromatic heterocycles. The van der Waals surface area contributed by atoms with Gasteiger partial charge in [0.1, 0.15) is 11.5 Å². The van der Waals surface area contributed by atoms with Crippen molar-refractivity contribution in [2.75, 3.05) is 5.75 Å². The Labute approximate surface area is 202 Å². The first kappa shape index (κ1) is 24.6. The lowest BCUT2D eigenvalue weighted by atomic mass is 10.0. The number of Topliss-reactive ketones (excluding diaryl/α,β-unsaturated/α-hetero) is 2. The minimum atomic E-state index is 0.0417. The molecule has 32 heavy (non-hydrogen) atoms. The van der Waals surface area contributed by atoms with Crippen LogP contribution < -0.4 is 0 Å². The lowest BCUT2D eigenvalue weighted by Crippen LogP contribution is -2.04. The van der Waals surface area contributed by atoms with Gasteiger partial charge in [0.25, 0.3) is 0 Å². The van der Waals surface area contributed by atoms with Crippen LogP contribution in [0.25, 0.3) is 11.5 Å². The molecule has 0 aliphatic carbocycles. The number of ketones is 2. The number of rotatable bonds is 9. The fourth-order valence-electron chi connectivity index (χ4n) is 3.31. The SMILES string of the molecule is CC(=O)CSc1ccc(C(=O)CCc2nc(-c3ccc(Cl)cc3Cl)oc2C(C)C)cc1C. The second kappa shape index (κ2) is 10.7. The van der Waals surface area contributed by atoms with Crippen LogP contribution in [0.4, 0.5) is 0 Å². The molecule has 0 aliphatic heterocycles. The molecule has 0 fully saturated rings. The summed E-state index contributed by atoms with van der Waals surface area (Å²) in [5.74, 6) is 1.90. The monoisotopic (exact) mass is 489 g/mol. The maximum absolute atomic E-state index is 12.8. The van der Waals surface area contributed by atoms with Crippen molar-refractivity contribution in [3.8, 4) is 11.5 Å². The van der Waals surface area contributed by atoms with E-state index in [1.54, 1.807) is 25.1 Å². The van der Waals surface area contributed by atoms with E-state index in [2.05, 4.69) is 4.98 Å². The van der Waals surface area contributed by atoms with Gasteiger partial charge in [0.2, 0.25) is 5.89 Å². The minimum Gasteiger partial charge on any atom is -0.441 e. The predicted octanol–water partition coefficient (Wildman–Crippen LogP) is 7.58. The van der Waals surface area contributed by atoms with Gasteiger partial charge in [-0.3, -0.25) is 9.59 Å². The molecule has 3 aromatic rings. The van der Waals surface area contributed by atoms with Crippen LogP contribution in [0, 0.1) is 6.92 Å². The molecule has 0 aliphatic rings. The summed E-state index contributed by atoms with van der Waals surface area (Å²) in [6, 6.07) is 10.8. The fraction of sp³-hybridized carbons (Fsp3) is 0.320. The second-order valence-electron chi connectivity index (χ2n) is 8.00. The van der Waals surface area contributed by atoms with Crippen LogP contribution in [-0.4, -0.2) is 22.3 Å². The van der Waals surface area contributed by atoms with Crippen molar-refractivity contribution < 1.29 is 14.0 Å². The number of oxazole rings is 1. The summed E-state index contributed by atoms with van der Waals surface area (Å²) < 4.78 is 6.02. The third-order valence-corrected chi connectivity index (χ3v) is 6.80. The van der Waals surface area contributed by atoms with Gasteiger partial charge in [0.05, 0.1) is 22.0 Å². The molecule has 7 heteroatoms. The molecule has 0 atom stereocenters. The number of halogens is 2. The van der Waals surface area contributed by atoms with E-state index in [1.807, 2.05) is 39.0 Å². The van der Waals surface area contributed by atoms with E-state index in [-0.39, 0.29) is 17.5 Å². The second-order valence-corrected chi connectivity index (χ2v) is 9.86. The van der Waals surface area contributed by atoms with E-state index < -0.39 is 0 Å². The predicted molar refractivity (Wildman–Crippen MR) is 131 cm³/mol. The third-order valence-electron chi connectivity index (χ3n) is 4.93. The molecule has 0 saturated carbocycles. The number of hydrogen-bond donors (Lipinski definition) is 0. The van der Waals surface area contributed by atoms with E-state index in [0.29, 0.717) is 45.7 Å². The van der Waals surface area contributed by atoms with Crippen LogP contribution in [0.2, 0.25) is 10.0 Å². The largest absolute Gasteiger partial charge is 0.441 e. The topological polar surface area (TPSA) is 60.2 Å². The van der Waals surface area contributed by atoms with Crippen molar-refractivity contribution in [3.05, 3.63) is 69.0 Å². The zero-order chi connectivity index (χ0) is 23.4. The third kappa shape index (κ3) is 6.03. The van der Waals surface area contributed by atoms with Gasteiger partial charge in [-0.2, -0.15) is 0 Å². The van der Waals surface area contributed by atoms with Gasteiger partial charge in [0, 0.05) is 34.2 Å². The first-order valence-corrected chi connectivity index (χ1v) is 12.1. The van der Waals surface area contributed by atoms with Crippen molar-refractivity contribution in [3.63, 3.8) is 0 Å². The Bertz CT molecular complexity index is 1150. The number of carbonyl (C=O) groups is 2. The summed E-state index contributed by atoms with van der Waals surface area (Å²) in [5.41, 5.74) is 3.08. The van der Waals surface area contributed by atoms with Crippen LogP contribution in [-0.2, 0) is 11.2 Å². The lowest BCUT2D eigenvalue weighted by Gasteiger charge is -2.08. The van der Waals surface area contributed by atoms with Crippen molar-refractivity contribution in [1.29, 1.82) is 0 Å². The number of aryl methyl sites for hydroxylation is 2. The smallest absolute Gasteiger partial charge is 0.228 e. The van der Waals surface area contributed by atoms with E-state index in [9.17, 15) is 9.59 Å². The maximum atomic E-state index is 12.8. The Balaban J connectivity index is 1.76. The molecular formula is C25H25Cl2NO3S. The molecule has 1 heterocycles. The first-order chi connectivity index (χ1) is 15.2. The number of hydrogen-bond acceptors (Lipinski definition) is 5. The molecule has 3 rings (SSSR count). The highest BCUT2D eigenvalue weighted by Gasteiger charge is 2.20. The van der Waals surface area contributed by atoms with Crippen LogP contribution in [0.5, 0.6) is 0 Å². The van der Waals surface area contributed by atoms with Crippen LogP contribution in [0.1, 0.15) is 60.5 Å². The van der Waals surface area contributed by atoms with E-state index >= 15 is 0 Å². The standard InChI is InChI=1S/C25H25Cl2NO3S/c1-14(2)24-21(28-25(31-24)19-7-6-18(26)12-20(19)27)8-9-22(30)17-5-10-23(15(3)11-17)32-13-16(4)29/h5-7,10-12,14H,8-9,13H2,1-4H3. The highest BCUT2D eigenvalue weighted by molar-refractivity contribution is 8.00. The Morgan fingerprint density at radius 3 is 2.50 bits per heavy atom. The van der Waals surface area contributed by atoms with Gasteiger partial charge in [0.15, 0.2) is 5.78 Å². The van der Waals surface area contributed by atoms with Gasteiger partial charge in [-0.05, 0) is 49.7 Å². The molecule has 2 aromatic carbocycles. The molecule has 0 radical (unpaired) electrons.